The lowest BCUT2D eigenvalue weighted by Gasteiger charge is -2.13. The number of amides is 2. The molecule has 0 spiro atoms. The highest BCUT2D eigenvalue weighted by Gasteiger charge is 2.07. The number of urea groups is 1. The fourth-order valence-electron chi connectivity index (χ4n) is 2.65. The number of hydrogen-bond acceptors (Lipinski definition) is 4. The number of methoxy groups -OCH3 is 2. The summed E-state index contributed by atoms with van der Waals surface area (Å²) in [7, 11) is 3.17. The molecule has 0 saturated carbocycles. The van der Waals surface area contributed by atoms with Crippen molar-refractivity contribution >= 4 is 6.03 Å². The molecule has 0 bridgehead atoms. The summed E-state index contributed by atoms with van der Waals surface area (Å²) in [6.07, 6.45) is 0. The second kappa shape index (κ2) is 9.71. The van der Waals surface area contributed by atoms with E-state index in [1.54, 1.807) is 14.2 Å². The van der Waals surface area contributed by atoms with Crippen molar-refractivity contribution < 1.29 is 19.0 Å². The molecule has 2 aromatic carbocycles. The number of hydrogen-bond donors (Lipinski definition) is 2. The van der Waals surface area contributed by atoms with Gasteiger partial charge in [-0.2, -0.15) is 0 Å². The van der Waals surface area contributed by atoms with E-state index in [-0.39, 0.29) is 6.03 Å². The number of aryl methyl sites for hydroxylation is 3. The van der Waals surface area contributed by atoms with E-state index in [9.17, 15) is 4.79 Å². The topological polar surface area (TPSA) is 68.8 Å². The van der Waals surface area contributed by atoms with Crippen LogP contribution in [0.3, 0.4) is 0 Å². The Morgan fingerprint density at radius 3 is 2.26 bits per heavy atom. The number of ether oxygens (including phenoxy) is 3. The molecule has 0 unspecified atom stereocenters. The highest BCUT2D eigenvalue weighted by Crippen LogP contribution is 2.27. The zero-order chi connectivity index (χ0) is 19.8. The minimum atomic E-state index is -0.245. The van der Waals surface area contributed by atoms with Crippen LogP contribution >= 0.6 is 0 Å². The maximum absolute atomic E-state index is 11.9. The molecule has 2 amide bonds. The largest absolute Gasteiger partial charge is 0.493 e. The van der Waals surface area contributed by atoms with Crippen molar-refractivity contribution in [1.82, 2.24) is 10.6 Å². The van der Waals surface area contributed by atoms with E-state index in [0.29, 0.717) is 31.2 Å². The van der Waals surface area contributed by atoms with Crippen LogP contribution in [-0.2, 0) is 6.54 Å². The standard InChI is InChI=1S/C21H28N2O4/c1-14-10-16(3)19(11-15(14)2)27-9-8-22-21(24)23-13-17-6-7-18(25-4)20(12-17)26-5/h6-7,10-12H,8-9,13H2,1-5H3,(H2,22,23,24). The van der Waals surface area contributed by atoms with Gasteiger partial charge in [0, 0.05) is 6.54 Å². The van der Waals surface area contributed by atoms with Crippen molar-refractivity contribution in [1.29, 1.82) is 0 Å². The van der Waals surface area contributed by atoms with Gasteiger partial charge in [-0.25, -0.2) is 4.79 Å². The van der Waals surface area contributed by atoms with Gasteiger partial charge in [0.05, 0.1) is 20.8 Å². The Balaban J connectivity index is 1.75. The average Bonchev–Trinajstić information content (AvgIpc) is 2.66. The second-order valence-electron chi connectivity index (χ2n) is 6.35. The summed E-state index contributed by atoms with van der Waals surface area (Å²) in [5.41, 5.74) is 4.45. The molecule has 6 heteroatoms. The molecule has 2 aromatic rings. The lowest BCUT2D eigenvalue weighted by atomic mass is 10.1. The minimum absolute atomic E-state index is 0.245. The highest BCUT2D eigenvalue weighted by atomic mass is 16.5. The van der Waals surface area contributed by atoms with Crippen LogP contribution in [0.5, 0.6) is 17.2 Å². The minimum Gasteiger partial charge on any atom is -0.493 e. The van der Waals surface area contributed by atoms with E-state index in [4.69, 9.17) is 14.2 Å². The van der Waals surface area contributed by atoms with Crippen LogP contribution in [-0.4, -0.2) is 33.4 Å². The molecule has 2 N–H and O–H groups in total. The van der Waals surface area contributed by atoms with Crippen LogP contribution in [0.1, 0.15) is 22.3 Å². The van der Waals surface area contributed by atoms with Crippen LogP contribution in [0.25, 0.3) is 0 Å². The molecule has 27 heavy (non-hydrogen) atoms. The summed E-state index contributed by atoms with van der Waals surface area (Å²) in [5, 5.41) is 5.60. The van der Waals surface area contributed by atoms with Crippen molar-refractivity contribution in [2.24, 2.45) is 0 Å². The van der Waals surface area contributed by atoms with Crippen molar-refractivity contribution in [3.05, 3.63) is 52.6 Å². The van der Waals surface area contributed by atoms with Gasteiger partial charge >= 0.3 is 6.03 Å². The molecule has 0 fully saturated rings. The molecular formula is C21H28N2O4. The summed E-state index contributed by atoms with van der Waals surface area (Å²) < 4.78 is 16.2. The quantitative estimate of drug-likeness (QED) is 0.696. The number of carbonyl (C=O) groups is 1. The molecule has 0 aliphatic rings. The van der Waals surface area contributed by atoms with Crippen LogP contribution in [0.4, 0.5) is 4.79 Å². The number of benzene rings is 2. The molecule has 0 atom stereocenters. The van der Waals surface area contributed by atoms with Gasteiger partial charge in [-0.3, -0.25) is 0 Å². The van der Waals surface area contributed by atoms with Crippen molar-refractivity contribution in [3.8, 4) is 17.2 Å². The van der Waals surface area contributed by atoms with Crippen LogP contribution < -0.4 is 24.8 Å². The molecule has 0 heterocycles. The second-order valence-corrected chi connectivity index (χ2v) is 6.35. The zero-order valence-electron chi connectivity index (χ0n) is 16.6. The summed E-state index contributed by atoms with van der Waals surface area (Å²) >= 11 is 0. The summed E-state index contributed by atoms with van der Waals surface area (Å²) in [6, 6.07) is 9.42. The lowest BCUT2D eigenvalue weighted by Crippen LogP contribution is -2.37. The predicted octanol–water partition coefficient (Wildman–Crippen LogP) is 3.51. The monoisotopic (exact) mass is 372 g/mol. The van der Waals surface area contributed by atoms with Gasteiger partial charge in [0.2, 0.25) is 0 Å². The molecule has 0 aliphatic carbocycles. The van der Waals surface area contributed by atoms with Crippen LogP contribution in [0.15, 0.2) is 30.3 Å². The van der Waals surface area contributed by atoms with Gasteiger partial charge in [0.1, 0.15) is 12.4 Å². The molecule has 2 rings (SSSR count). The van der Waals surface area contributed by atoms with Gasteiger partial charge < -0.3 is 24.8 Å². The third-order valence-electron chi connectivity index (χ3n) is 4.34. The highest BCUT2D eigenvalue weighted by molar-refractivity contribution is 5.73. The molecule has 0 saturated heterocycles. The molecule has 146 valence electrons. The fourth-order valence-corrected chi connectivity index (χ4v) is 2.65. The first kappa shape index (κ1) is 20.4. The molecule has 0 aliphatic heterocycles. The SMILES string of the molecule is COc1ccc(CNC(=O)NCCOc2cc(C)c(C)cc2C)cc1OC. The predicted molar refractivity (Wildman–Crippen MR) is 106 cm³/mol. The Bertz CT molecular complexity index is 790. The first-order valence-electron chi connectivity index (χ1n) is 8.88. The Morgan fingerprint density at radius 1 is 0.852 bits per heavy atom. The average molecular weight is 372 g/mol. The van der Waals surface area contributed by atoms with Gasteiger partial charge in [-0.15, -0.1) is 0 Å². The maximum atomic E-state index is 11.9. The number of carbonyl (C=O) groups excluding carboxylic acids is 1. The lowest BCUT2D eigenvalue weighted by molar-refractivity contribution is 0.236. The van der Waals surface area contributed by atoms with Crippen molar-refractivity contribution in [2.45, 2.75) is 27.3 Å². The molecular weight excluding hydrogens is 344 g/mol. The summed E-state index contributed by atoms with van der Waals surface area (Å²) in [4.78, 5) is 11.9. The van der Waals surface area contributed by atoms with Crippen LogP contribution in [0, 0.1) is 20.8 Å². The molecule has 0 aromatic heterocycles. The van der Waals surface area contributed by atoms with E-state index >= 15 is 0 Å². The van der Waals surface area contributed by atoms with E-state index in [1.807, 2.05) is 31.2 Å². The smallest absolute Gasteiger partial charge is 0.315 e. The Kier molecular flexibility index (Phi) is 7.34. The van der Waals surface area contributed by atoms with E-state index in [2.05, 4.69) is 30.5 Å². The summed E-state index contributed by atoms with van der Waals surface area (Å²) in [6.45, 7) is 7.38. The van der Waals surface area contributed by atoms with E-state index < -0.39 is 0 Å². The van der Waals surface area contributed by atoms with E-state index in [0.717, 1.165) is 16.9 Å². The first-order valence-corrected chi connectivity index (χ1v) is 8.88. The summed E-state index contributed by atoms with van der Waals surface area (Å²) in [5.74, 6) is 2.14. The fraction of sp³-hybridized carbons (Fsp3) is 0.381. The van der Waals surface area contributed by atoms with Gasteiger partial charge in [0.15, 0.2) is 11.5 Å². The Morgan fingerprint density at radius 2 is 1.56 bits per heavy atom. The molecule has 6 nitrogen and oxygen atoms in total. The maximum Gasteiger partial charge on any atom is 0.315 e. The first-order chi connectivity index (χ1) is 12.9. The van der Waals surface area contributed by atoms with Crippen molar-refractivity contribution in [3.63, 3.8) is 0 Å². The van der Waals surface area contributed by atoms with Gasteiger partial charge in [0.25, 0.3) is 0 Å². The number of rotatable bonds is 8. The number of nitrogens with one attached hydrogen (secondary N) is 2. The van der Waals surface area contributed by atoms with Crippen LogP contribution in [0.2, 0.25) is 0 Å². The zero-order valence-corrected chi connectivity index (χ0v) is 16.6. The Hall–Kier alpha value is -2.89. The van der Waals surface area contributed by atoms with Gasteiger partial charge in [-0.05, 0) is 61.2 Å². The third-order valence-corrected chi connectivity index (χ3v) is 4.34. The normalized spacial score (nSPS) is 10.3. The van der Waals surface area contributed by atoms with E-state index in [1.165, 1.54) is 11.1 Å². The molecule has 0 radical (unpaired) electrons. The Labute approximate surface area is 160 Å². The van der Waals surface area contributed by atoms with Gasteiger partial charge in [-0.1, -0.05) is 12.1 Å². The van der Waals surface area contributed by atoms with Crippen molar-refractivity contribution in [2.75, 3.05) is 27.4 Å². The third kappa shape index (κ3) is 5.81.